The van der Waals surface area contributed by atoms with Crippen molar-refractivity contribution < 1.29 is 9.47 Å². The third-order valence-electron chi connectivity index (χ3n) is 2.20. The highest BCUT2D eigenvalue weighted by Crippen LogP contribution is 2.21. The molecular weight excluding hydrogens is 262 g/mol. The number of nitrogens with zero attached hydrogens (tertiary/aromatic N) is 3. The molecule has 0 saturated carbocycles. The fourth-order valence-electron chi connectivity index (χ4n) is 1.39. The van der Waals surface area contributed by atoms with Gasteiger partial charge in [0.1, 0.15) is 10.7 Å². The second-order valence-corrected chi connectivity index (χ2v) is 4.12. The van der Waals surface area contributed by atoms with E-state index >= 15 is 0 Å². The maximum atomic E-state index is 5.65. The number of aromatic nitrogens is 3. The Kier molecular flexibility index (Phi) is 2.10. The first-order valence-electron chi connectivity index (χ1n) is 4.56. The molecule has 6 heteroatoms. The standard InChI is InChI=1S/C9H8BrN3O2/c10-7-3-13-2-1-11-8(13)9(12-7)15-6-4-14-5-6/h1-3,6H,4-5H2. The van der Waals surface area contributed by atoms with Crippen molar-refractivity contribution in [2.45, 2.75) is 6.10 Å². The number of rotatable bonds is 2. The average Bonchev–Trinajstić information content (AvgIpc) is 2.58. The molecule has 0 bridgehead atoms. The number of ether oxygens (including phenoxy) is 2. The van der Waals surface area contributed by atoms with Crippen LogP contribution in [0.4, 0.5) is 0 Å². The third kappa shape index (κ3) is 1.59. The van der Waals surface area contributed by atoms with Crippen LogP contribution in [0.25, 0.3) is 5.65 Å². The molecule has 0 unspecified atom stereocenters. The Balaban J connectivity index is 2.02. The number of fused-ring (bicyclic) bond motifs is 1. The van der Waals surface area contributed by atoms with Gasteiger partial charge in [0.05, 0.1) is 13.2 Å². The smallest absolute Gasteiger partial charge is 0.259 e. The quantitative estimate of drug-likeness (QED) is 0.824. The van der Waals surface area contributed by atoms with Crippen molar-refractivity contribution in [1.29, 1.82) is 0 Å². The highest BCUT2D eigenvalue weighted by atomic mass is 79.9. The van der Waals surface area contributed by atoms with Crippen LogP contribution in [0.1, 0.15) is 0 Å². The summed E-state index contributed by atoms with van der Waals surface area (Å²) in [5, 5.41) is 0. The summed E-state index contributed by atoms with van der Waals surface area (Å²) in [5.74, 6) is 0.544. The molecule has 0 atom stereocenters. The minimum Gasteiger partial charge on any atom is -0.467 e. The Labute approximate surface area is 94.2 Å². The van der Waals surface area contributed by atoms with Gasteiger partial charge in [-0.15, -0.1) is 0 Å². The minimum atomic E-state index is 0.104. The lowest BCUT2D eigenvalue weighted by Gasteiger charge is -2.26. The summed E-state index contributed by atoms with van der Waals surface area (Å²) in [5.41, 5.74) is 0.727. The highest BCUT2D eigenvalue weighted by molar-refractivity contribution is 9.10. The Hall–Kier alpha value is -1.14. The Bertz CT molecular complexity index is 495. The largest absolute Gasteiger partial charge is 0.467 e. The Morgan fingerprint density at radius 2 is 2.40 bits per heavy atom. The zero-order valence-corrected chi connectivity index (χ0v) is 9.35. The molecule has 3 rings (SSSR count). The summed E-state index contributed by atoms with van der Waals surface area (Å²) in [6.45, 7) is 1.25. The van der Waals surface area contributed by atoms with Crippen LogP contribution in [0.3, 0.4) is 0 Å². The van der Waals surface area contributed by atoms with Crippen molar-refractivity contribution in [3.8, 4) is 5.88 Å². The summed E-state index contributed by atoms with van der Waals surface area (Å²) in [6, 6.07) is 0. The number of imidazole rings is 1. The van der Waals surface area contributed by atoms with Crippen LogP contribution in [0.5, 0.6) is 5.88 Å². The molecule has 0 aliphatic carbocycles. The van der Waals surface area contributed by atoms with E-state index in [0.717, 1.165) is 10.3 Å². The van der Waals surface area contributed by atoms with Crippen molar-refractivity contribution in [2.75, 3.05) is 13.2 Å². The van der Waals surface area contributed by atoms with E-state index in [-0.39, 0.29) is 6.10 Å². The van der Waals surface area contributed by atoms with Crippen LogP contribution in [0, 0.1) is 0 Å². The molecule has 2 aromatic heterocycles. The molecule has 0 amide bonds. The summed E-state index contributed by atoms with van der Waals surface area (Å²) in [7, 11) is 0. The molecule has 0 aromatic carbocycles. The molecular formula is C9H8BrN3O2. The van der Waals surface area contributed by atoms with Gasteiger partial charge in [-0.25, -0.2) is 9.97 Å². The molecule has 5 nitrogen and oxygen atoms in total. The van der Waals surface area contributed by atoms with Crippen LogP contribution < -0.4 is 4.74 Å². The lowest BCUT2D eigenvalue weighted by atomic mass is 10.3. The monoisotopic (exact) mass is 269 g/mol. The van der Waals surface area contributed by atoms with Gasteiger partial charge in [0, 0.05) is 18.6 Å². The number of hydrogen-bond donors (Lipinski definition) is 0. The molecule has 1 aliphatic heterocycles. The second-order valence-electron chi connectivity index (χ2n) is 3.30. The van der Waals surface area contributed by atoms with Crippen molar-refractivity contribution >= 4 is 21.6 Å². The molecule has 78 valence electrons. The Morgan fingerprint density at radius 1 is 1.53 bits per heavy atom. The van der Waals surface area contributed by atoms with Gasteiger partial charge >= 0.3 is 0 Å². The van der Waals surface area contributed by atoms with E-state index in [1.54, 1.807) is 6.20 Å². The van der Waals surface area contributed by atoms with Gasteiger partial charge in [0.15, 0.2) is 0 Å². The van der Waals surface area contributed by atoms with E-state index in [0.29, 0.717) is 19.1 Å². The molecule has 3 heterocycles. The molecule has 0 spiro atoms. The van der Waals surface area contributed by atoms with Crippen molar-refractivity contribution in [3.63, 3.8) is 0 Å². The topological polar surface area (TPSA) is 48.7 Å². The van der Waals surface area contributed by atoms with Gasteiger partial charge in [-0.2, -0.15) is 0 Å². The molecule has 1 saturated heterocycles. The first-order chi connectivity index (χ1) is 7.33. The summed E-state index contributed by atoms with van der Waals surface area (Å²) in [4.78, 5) is 8.44. The maximum absolute atomic E-state index is 5.65. The molecule has 1 fully saturated rings. The van der Waals surface area contributed by atoms with E-state index in [4.69, 9.17) is 9.47 Å². The predicted molar refractivity (Wildman–Crippen MR) is 55.9 cm³/mol. The second kappa shape index (κ2) is 3.46. The summed E-state index contributed by atoms with van der Waals surface area (Å²) >= 11 is 3.33. The highest BCUT2D eigenvalue weighted by Gasteiger charge is 2.22. The number of halogens is 1. The Morgan fingerprint density at radius 3 is 3.13 bits per heavy atom. The van der Waals surface area contributed by atoms with Crippen molar-refractivity contribution in [1.82, 2.24) is 14.4 Å². The van der Waals surface area contributed by atoms with Gasteiger partial charge in [-0.1, -0.05) is 0 Å². The lowest BCUT2D eigenvalue weighted by molar-refractivity contribution is -0.0809. The van der Waals surface area contributed by atoms with Crippen molar-refractivity contribution in [3.05, 3.63) is 23.2 Å². The SMILES string of the molecule is Brc1cn2ccnc2c(OC2COC2)n1. The van der Waals surface area contributed by atoms with Crippen LogP contribution in [0.2, 0.25) is 0 Å². The van der Waals surface area contributed by atoms with Gasteiger partial charge < -0.3 is 9.47 Å². The van der Waals surface area contributed by atoms with E-state index in [9.17, 15) is 0 Å². The van der Waals surface area contributed by atoms with E-state index in [1.807, 2.05) is 16.8 Å². The maximum Gasteiger partial charge on any atom is 0.259 e. The van der Waals surface area contributed by atoms with Gasteiger partial charge in [0.25, 0.3) is 5.88 Å². The fraction of sp³-hybridized carbons (Fsp3) is 0.333. The minimum absolute atomic E-state index is 0.104. The van der Waals surface area contributed by atoms with Gasteiger partial charge in [-0.3, -0.25) is 4.40 Å². The van der Waals surface area contributed by atoms with Gasteiger partial charge in [0.2, 0.25) is 5.65 Å². The fourth-order valence-corrected chi connectivity index (χ4v) is 1.77. The molecule has 0 radical (unpaired) electrons. The zero-order chi connectivity index (χ0) is 10.3. The van der Waals surface area contributed by atoms with E-state index in [1.165, 1.54) is 0 Å². The molecule has 1 aliphatic rings. The van der Waals surface area contributed by atoms with Crippen LogP contribution in [0.15, 0.2) is 23.2 Å². The summed E-state index contributed by atoms with van der Waals surface area (Å²) < 4.78 is 13.3. The van der Waals surface area contributed by atoms with E-state index < -0.39 is 0 Å². The zero-order valence-electron chi connectivity index (χ0n) is 7.76. The third-order valence-corrected chi connectivity index (χ3v) is 2.58. The van der Waals surface area contributed by atoms with E-state index in [2.05, 4.69) is 25.9 Å². The molecule has 15 heavy (non-hydrogen) atoms. The first-order valence-corrected chi connectivity index (χ1v) is 5.36. The van der Waals surface area contributed by atoms with Crippen LogP contribution in [-0.2, 0) is 4.74 Å². The first kappa shape index (κ1) is 9.11. The van der Waals surface area contributed by atoms with Crippen molar-refractivity contribution in [2.24, 2.45) is 0 Å². The lowest BCUT2D eigenvalue weighted by Crippen LogP contribution is -2.38. The number of hydrogen-bond acceptors (Lipinski definition) is 4. The van der Waals surface area contributed by atoms with Gasteiger partial charge in [-0.05, 0) is 15.9 Å². The molecule has 2 aromatic rings. The molecule has 0 N–H and O–H groups in total. The van der Waals surface area contributed by atoms with Crippen LogP contribution >= 0.6 is 15.9 Å². The van der Waals surface area contributed by atoms with Crippen LogP contribution in [-0.4, -0.2) is 33.7 Å². The summed E-state index contributed by atoms with van der Waals surface area (Å²) in [6.07, 6.45) is 5.51. The average molecular weight is 270 g/mol. The normalized spacial score (nSPS) is 16.6. The predicted octanol–water partition coefficient (Wildman–Crippen LogP) is 1.27.